The molecule has 11 heteroatoms. The highest BCUT2D eigenvalue weighted by molar-refractivity contribution is 7.89. The Balaban J connectivity index is 1.42. The molecule has 2 aromatic carbocycles. The summed E-state index contributed by atoms with van der Waals surface area (Å²) in [7, 11) is -0.851. The molecule has 4 rings (SSSR count). The zero-order valence-electron chi connectivity index (χ0n) is 19.8. The van der Waals surface area contributed by atoms with Gasteiger partial charge in [0.05, 0.1) is 25.5 Å². The van der Waals surface area contributed by atoms with Crippen LogP contribution in [0.4, 0.5) is 5.69 Å². The van der Waals surface area contributed by atoms with Gasteiger partial charge >= 0.3 is 0 Å². The molecule has 35 heavy (non-hydrogen) atoms. The van der Waals surface area contributed by atoms with Crippen molar-refractivity contribution in [1.29, 1.82) is 0 Å². The number of nitrogens with one attached hydrogen (secondary N) is 1. The Hall–Kier alpha value is -3.31. The van der Waals surface area contributed by atoms with Crippen LogP contribution in [0.2, 0.25) is 0 Å². The van der Waals surface area contributed by atoms with Crippen molar-refractivity contribution in [2.24, 2.45) is 0 Å². The zero-order chi connectivity index (χ0) is 25.0. The number of hydrogen-bond acceptors (Lipinski definition) is 7. The van der Waals surface area contributed by atoms with Gasteiger partial charge in [-0.25, -0.2) is 8.42 Å². The van der Waals surface area contributed by atoms with Crippen molar-refractivity contribution in [3.05, 3.63) is 48.5 Å². The molecule has 0 spiro atoms. The summed E-state index contributed by atoms with van der Waals surface area (Å²) < 4.78 is 38.1. The lowest BCUT2D eigenvalue weighted by atomic mass is 10.1. The molecule has 2 saturated heterocycles. The van der Waals surface area contributed by atoms with Gasteiger partial charge in [-0.15, -0.1) is 0 Å². The van der Waals surface area contributed by atoms with Crippen molar-refractivity contribution < 1.29 is 27.5 Å². The van der Waals surface area contributed by atoms with E-state index in [9.17, 15) is 18.0 Å². The maximum absolute atomic E-state index is 13.3. The Kier molecular flexibility index (Phi) is 7.46. The highest BCUT2D eigenvalue weighted by Gasteiger charge is 2.40. The lowest BCUT2D eigenvalue weighted by Crippen LogP contribution is -2.59. The molecule has 0 aromatic heterocycles. The molecule has 10 nitrogen and oxygen atoms in total. The Labute approximate surface area is 205 Å². The van der Waals surface area contributed by atoms with Gasteiger partial charge in [-0.1, -0.05) is 0 Å². The summed E-state index contributed by atoms with van der Waals surface area (Å²) in [5, 5.41) is 2.70. The predicted octanol–water partition coefficient (Wildman–Crippen LogP) is 0.932. The summed E-state index contributed by atoms with van der Waals surface area (Å²) in [5.74, 6) is 0.609. The number of benzene rings is 2. The molecule has 0 aliphatic carbocycles. The minimum Gasteiger partial charge on any atom is -0.497 e. The van der Waals surface area contributed by atoms with E-state index in [-0.39, 0.29) is 30.3 Å². The molecule has 2 fully saturated rings. The van der Waals surface area contributed by atoms with Crippen molar-refractivity contribution in [3.63, 3.8) is 0 Å². The van der Waals surface area contributed by atoms with E-state index in [4.69, 9.17) is 9.47 Å². The van der Waals surface area contributed by atoms with Crippen LogP contribution in [-0.4, -0.2) is 89.0 Å². The van der Waals surface area contributed by atoms with Gasteiger partial charge in [0.15, 0.2) is 0 Å². The number of ether oxygens (including phenoxy) is 2. The average Bonchev–Trinajstić information content (AvgIpc) is 2.90. The number of carbonyl (C=O) groups excluding carboxylic acids is 2. The molecular weight excluding hydrogens is 472 g/mol. The van der Waals surface area contributed by atoms with E-state index in [2.05, 4.69) is 10.2 Å². The van der Waals surface area contributed by atoms with Gasteiger partial charge in [-0.3, -0.25) is 9.59 Å². The van der Waals surface area contributed by atoms with Crippen LogP contribution in [0.1, 0.15) is 6.42 Å². The van der Waals surface area contributed by atoms with Gasteiger partial charge in [-0.05, 0) is 48.5 Å². The minimum atomic E-state index is -3.97. The van der Waals surface area contributed by atoms with Gasteiger partial charge in [-0.2, -0.15) is 4.31 Å². The fraction of sp³-hybridized carbons (Fsp3) is 0.417. The summed E-state index contributed by atoms with van der Waals surface area (Å²) in [6, 6.07) is 12.6. The van der Waals surface area contributed by atoms with E-state index < -0.39 is 22.0 Å². The minimum absolute atomic E-state index is 0.0542. The lowest BCUT2D eigenvalue weighted by Gasteiger charge is -2.38. The molecule has 2 heterocycles. The second-order valence-electron chi connectivity index (χ2n) is 8.37. The first kappa shape index (κ1) is 24.8. The Morgan fingerprint density at radius 3 is 2.06 bits per heavy atom. The molecule has 0 bridgehead atoms. The molecule has 188 valence electrons. The van der Waals surface area contributed by atoms with Crippen LogP contribution in [0.3, 0.4) is 0 Å². The number of carbonyl (C=O) groups is 2. The van der Waals surface area contributed by atoms with Gasteiger partial charge < -0.3 is 24.6 Å². The summed E-state index contributed by atoms with van der Waals surface area (Å²) in [6.45, 7) is 2.56. The second kappa shape index (κ2) is 10.5. The van der Waals surface area contributed by atoms with Gasteiger partial charge in [0.25, 0.3) is 0 Å². The van der Waals surface area contributed by atoms with E-state index in [0.717, 1.165) is 15.7 Å². The smallest absolute Gasteiger partial charge is 0.243 e. The van der Waals surface area contributed by atoms with E-state index in [1.165, 1.54) is 19.2 Å². The summed E-state index contributed by atoms with van der Waals surface area (Å²) in [5.41, 5.74) is 1.04. The molecule has 0 unspecified atom stereocenters. The van der Waals surface area contributed by atoms with Crippen LogP contribution in [0.15, 0.2) is 53.4 Å². The third kappa shape index (κ3) is 5.35. The molecule has 2 amide bonds. The van der Waals surface area contributed by atoms with Crippen molar-refractivity contribution in [3.8, 4) is 11.5 Å². The summed E-state index contributed by atoms with van der Waals surface area (Å²) in [6.07, 6.45) is -0.205. The molecular formula is C24H30N4O6S. The fourth-order valence-corrected chi connectivity index (χ4v) is 5.95. The summed E-state index contributed by atoms with van der Waals surface area (Å²) >= 11 is 0. The number of hydrogen-bond donors (Lipinski definition) is 1. The maximum Gasteiger partial charge on any atom is 0.243 e. The van der Waals surface area contributed by atoms with Crippen LogP contribution < -0.4 is 19.7 Å². The average molecular weight is 503 g/mol. The monoisotopic (exact) mass is 502 g/mol. The van der Waals surface area contributed by atoms with Crippen molar-refractivity contribution in [2.75, 3.05) is 58.4 Å². The lowest BCUT2D eigenvalue weighted by molar-refractivity contribution is -0.137. The van der Waals surface area contributed by atoms with E-state index in [1.54, 1.807) is 24.1 Å². The number of piperazine rings is 2. The molecule has 2 aromatic rings. The normalized spacial score (nSPS) is 19.3. The van der Waals surface area contributed by atoms with Gasteiger partial charge in [0, 0.05) is 45.0 Å². The largest absolute Gasteiger partial charge is 0.497 e. The summed E-state index contributed by atoms with van der Waals surface area (Å²) in [4.78, 5) is 29.7. The molecule has 0 saturated carbocycles. The maximum atomic E-state index is 13.3. The molecule has 0 radical (unpaired) electrons. The molecule has 1 N–H and O–H groups in total. The quantitative estimate of drug-likeness (QED) is 0.600. The number of nitrogens with zero attached hydrogens (tertiary/aromatic N) is 3. The Morgan fingerprint density at radius 1 is 0.914 bits per heavy atom. The third-order valence-corrected chi connectivity index (χ3v) is 8.31. The van der Waals surface area contributed by atoms with Crippen LogP contribution in [0.25, 0.3) is 0 Å². The first-order valence-corrected chi connectivity index (χ1v) is 12.9. The predicted molar refractivity (Wildman–Crippen MR) is 130 cm³/mol. The third-order valence-electron chi connectivity index (χ3n) is 6.39. The van der Waals surface area contributed by atoms with E-state index >= 15 is 0 Å². The van der Waals surface area contributed by atoms with Crippen molar-refractivity contribution in [2.45, 2.75) is 17.4 Å². The molecule has 1 atom stereocenters. The first-order valence-electron chi connectivity index (χ1n) is 11.4. The van der Waals surface area contributed by atoms with E-state index in [1.807, 2.05) is 24.3 Å². The fourth-order valence-electron chi connectivity index (χ4n) is 4.36. The number of methoxy groups -OCH3 is 2. The van der Waals surface area contributed by atoms with Crippen molar-refractivity contribution in [1.82, 2.24) is 14.5 Å². The van der Waals surface area contributed by atoms with Crippen molar-refractivity contribution >= 4 is 27.5 Å². The molecule has 2 aliphatic rings. The zero-order valence-corrected chi connectivity index (χ0v) is 20.7. The Morgan fingerprint density at radius 2 is 1.49 bits per heavy atom. The molecule has 2 aliphatic heterocycles. The SMILES string of the molecule is COc1ccc(N2CCN(C(=O)C[C@@H]3C(=O)NCCN3S(=O)(=O)c3ccc(OC)cc3)CC2)cc1. The van der Waals surface area contributed by atoms with Crippen LogP contribution in [-0.2, 0) is 19.6 Å². The number of anilines is 1. The topological polar surface area (TPSA) is 108 Å². The highest BCUT2D eigenvalue weighted by Crippen LogP contribution is 2.25. The number of amides is 2. The van der Waals surface area contributed by atoms with Gasteiger partial charge in [0.2, 0.25) is 21.8 Å². The number of rotatable bonds is 7. The van der Waals surface area contributed by atoms with Crippen LogP contribution >= 0.6 is 0 Å². The van der Waals surface area contributed by atoms with E-state index in [0.29, 0.717) is 31.9 Å². The van der Waals surface area contributed by atoms with Crippen LogP contribution in [0, 0.1) is 0 Å². The van der Waals surface area contributed by atoms with Gasteiger partial charge in [0.1, 0.15) is 17.5 Å². The Bertz CT molecular complexity index is 1150. The highest BCUT2D eigenvalue weighted by atomic mass is 32.2. The second-order valence-corrected chi connectivity index (χ2v) is 10.3. The number of sulfonamides is 1. The van der Waals surface area contributed by atoms with Crippen LogP contribution in [0.5, 0.6) is 11.5 Å². The first-order chi connectivity index (χ1) is 16.8. The standard InChI is InChI=1S/C24H30N4O6S/c1-33-19-5-3-18(4-6-19)26-13-15-27(16-14-26)23(29)17-22-24(30)25-11-12-28(22)35(31,32)21-9-7-20(34-2)8-10-21/h3-10,22H,11-17H2,1-2H3,(H,25,30)/t22-/m1/s1.